The van der Waals surface area contributed by atoms with Crippen molar-refractivity contribution < 1.29 is 14.0 Å². The van der Waals surface area contributed by atoms with E-state index in [2.05, 4.69) is 41.4 Å². The van der Waals surface area contributed by atoms with E-state index in [0.717, 1.165) is 33.3 Å². The summed E-state index contributed by atoms with van der Waals surface area (Å²) in [5.74, 6) is 0.237. The summed E-state index contributed by atoms with van der Waals surface area (Å²) in [6, 6.07) is 17.5. The van der Waals surface area contributed by atoms with Crippen molar-refractivity contribution in [2.75, 3.05) is 52.1 Å². The number of hydrogen-bond donors (Lipinski definition) is 2. The molecule has 11 nitrogen and oxygen atoms in total. The number of nitrogens with zero attached hydrogens (tertiary/aromatic N) is 7. The third-order valence-corrected chi connectivity index (χ3v) is 9.38. The van der Waals surface area contributed by atoms with Crippen LogP contribution >= 0.6 is 0 Å². The Bertz CT molecular complexity index is 1980. The molecule has 0 saturated carbocycles. The molecule has 1 atom stereocenters. The standard InChI is InChI=1S/C36H36FN9O2/c1-44(2)36(35(48)41-28-9-11-31-29(20-28)33(43-42-31)25-4-7-27(37)8-5-25)14-19-45(23-36)22-32(47)46-17-12-24(13-18-46)30-10-6-26(21-40-30)34-38-15-3-16-39-34/h3-12,15-16,20-21H,13-14,17-19,22-23H2,1-2H3,(H,41,48)(H,42,43)/t36-/m1/s1. The van der Waals surface area contributed by atoms with Crippen molar-refractivity contribution in [2.45, 2.75) is 18.4 Å². The van der Waals surface area contributed by atoms with Gasteiger partial charge in [-0.2, -0.15) is 5.10 Å². The summed E-state index contributed by atoms with van der Waals surface area (Å²) >= 11 is 0. The fraction of sp³-hybridized carbons (Fsp3) is 0.278. The molecule has 5 heterocycles. The van der Waals surface area contributed by atoms with Gasteiger partial charge in [-0.15, -0.1) is 0 Å². The number of carbonyl (C=O) groups excluding carboxylic acids is 2. The van der Waals surface area contributed by atoms with Gasteiger partial charge in [-0.05, 0) is 93.2 Å². The van der Waals surface area contributed by atoms with Crippen molar-refractivity contribution in [3.05, 3.63) is 96.8 Å². The van der Waals surface area contributed by atoms with Gasteiger partial charge in [0.15, 0.2) is 5.82 Å². The molecule has 7 rings (SSSR count). The number of amides is 2. The minimum Gasteiger partial charge on any atom is -0.338 e. The van der Waals surface area contributed by atoms with Crippen molar-refractivity contribution in [1.29, 1.82) is 0 Å². The highest BCUT2D eigenvalue weighted by Crippen LogP contribution is 2.32. The molecule has 0 bridgehead atoms. The lowest BCUT2D eigenvalue weighted by atomic mass is 9.95. The molecule has 2 aliphatic heterocycles. The van der Waals surface area contributed by atoms with Crippen LogP contribution in [-0.4, -0.2) is 104 Å². The van der Waals surface area contributed by atoms with Crippen LogP contribution in [0.2, 0.25) is 0 Å². The smallest absolute Gasteiger partial charge is 0.246 e. The Morgan fingerprint density at radius 2 is 1.79 bits per heavy atom. The van der Waals surface area contributed by atoms with Gasteiger partial charge in [0.1, 0.15) is 11.4 Å². The normalized spacial score (nSPS) is 18.3. The largest absolute Gasteiger partial charge is 0.338 e. The topological polar surface area (TPSA) is 123 Å². The third-order valence-electron chi connectivity index (χ3n) is 9.38. The molecule has 0 radical (unpaired) electrons. The maximum atomic E-state index is 13.9. The van der Waals surface area contributed by atoms with E-state index in [1.54, 1.807) is 36.8 Å². The number of rotatable bonds is 8. The second kappa shape index (κ2) is 13.1. The first-order chi connectivity index (χ1) is 23.3. The number of likely N-dealkylation sites (N-methyl/N-ethyl adjacent to an activating group) is 1. The van der Waals surface area contributed by atoms with Crippen LogP contribution < -0.4 is 5.32 Å². The van der Waals surface area contributed by atoms with Gasteiger partial charge in [0.2, 0.25) is 11.8 Å². The summed E-state index contributed by atoms with van der Waals surface area (Å²) in [6.45, 7) is 2.44. The Morgan fingerprint density at radius 1 is 1.00 bits per heavy atom. The third kappa shape index (κ3) is 6.19. The quantitative estimate of drug-likeness (QED) is 0.253. The SMILES string of the molecule is CN(C)[C@]1(C(=O)Nc2ccc3[nH]nc(-c4ccc(F)cc4)c3c2)CCN(CC(=O)N2CC=C(c3ccc(-c4ncccn4)cn3)CC2)C1. The molecule has 0 spiro atoms. The van der Waals surface area contributed by atoms with Crippen LogP contribution in [0.15, 0.2) is 85.3 Å². The molecule has 1 saturated heterocycles. The Hall–Kier alpha value is -5.33. The number of aromatic nitrogens is 5. The van der Waals surface area contributed by atoms with Gasteiger partial charge >= 0.3 is 0 Å². The Labute approximate surface area is 277 Å². The number of H-pyrrole nitrogens is 1. The van der Waals surface area contributed by atoms with Crippen molar-refractivity contribution in [3.63, 3.8) is 0 Å². The lowest BCUT2D eigenvalue weighted by Gasteiger charge is -2.35. The molecule has 1 fully saturated rings. The number of fused-ring (bicyclic) bond motifs is 1. The average molecular weight is 646 g/mol. The monoisotopic (exact) mass is 645 g/mol. The van der Waals surface area contributed by atoms with Crippen LogP contribution in [0.1, 0.15) is 18.5 Å². The number of anilines is 1. The molecule has 5 aromatic rings. The summed E-state index contributed by atoms with van der Waals surface area (Å²) in [6.07, 6.45) is 8.58. The number of hydrogen-bond acceptors (Lipinski definition) is 8. The molecule has 0 unspecified atom stereocenters. The minimum atomic E-state index is -0.803. The number of likely N-dealkylation sites (tertiary alicyclic amines) is 1. The fourth-order valence-corrected chi connectivity index (χ4v) is 6.51. The number of pyridine rings is 1. The van der Waals surface area contributed by atoms with Gasteiger partial charge in [0.05, 0.1) is 23.4 Å². The maximum Gasteiger partial charge on any atom is 0.246 e. The zero-order valence-corrected chi connectivity index (χ0v) is 26.9. The molecule has 0 aliphatic carbocycles. The summed E-state index contributed by atoms with van der Waals surface area (Å²) in [7, 11) is 3.81. The number of benzene rings is 2. The number of nitrogens with one attached hydrogen (secondary N) is 2. The summed E-state index contributed by atoms with van der Waals surface area (Å²) in [5.41, 5.74) is 4.97. The minimum absolute atomic E-state index is 0.0449. The van der Waals surface area contributed by atoms with Crippen LogP contribution in [0.3, 0.4) is 0 Å². The van der Waals surface area contributed by atoms with E-state index in [0.29, 0.717) is 56.2 Å². The second-order valence-electron chi connectivity index (χ2n) is 12.5. The average Bonchev–Trinajstić information content (AvgIpc) is 3.74. The van der Waals surface area contributed by atoms with Gasteiger partial charge in [-0.3, -0.25) is 29.5 Å². The molecule has 2 amide bonds. The highest BCUT2D eigenvalue weighted by molar-refractivity contribution is 6.02. The Kier molecular flexibility index (Phi) is 8.50. The number of carbonyl (C=O) groups is 2. The molecule has 12 heteroatoms. The van der Waals surface area contributed by atoms with E-state index in [1.165, 1.54) is 12.1 Å². The first-order valence-electron chi connectivity index (χ1n) is 15.9. The second-order valence-corrected chi connectivity index (χ2v) is 12.5. The first-order valence-corrected chi connectivity index (χ1v) is 15.9. The molecular formula is C36H36FN9O2. The van der Waals surface area contributed by atoms with Gasteiger partial charge in [0.25, 0.3) is 0 Å². The van der Waals surface area contributed by atoms with E-state index in [1.807, 2.05) is 54.2 Å². The molecule has 3 aromatic heterocycles. The number of halogens is 1. The van der Waals surface area contributed by atoms with Gasteiger partial charge in [-0.25, -0.2) is 14.4 Å². The summed E-state index contributed by atoms with van der Waals surface area (Å²) in [5, 5.41) is 11.4. The van der Waals surface area contributed by atoms with Crippen LogP contribution in [0.5, 0.6) is 0 Å². The van der Waals surface area contributed by atoms with Crippen LogP contribution in [0.4, 0.5) is 10.1 Å². The molecule has 244 valence electrons. The van der Waals surface area contributed by atoms with Crippen molar-refractivity contribution >= 4 is 34.0 Å². The molecule has 2 N–H and O–H groups in total. The maximum absolute atomic E-state index is 13.9. The lowest BCUT2D eigenvalue weighted by molar-refractivity contribution is -0.132. The Morgan fingerprint density at radius 3 is 2.50 bits per heavy atom. The van der Waals surface area contributed by atoms with E-state index in [4.69, 9.17) is 0 Å². The van der Waals surface area contributed by atoms with E-state index in [9.17, 15) is 14.0 Å². The van der Waals surface area contributed by atoms with Crippen LogP contribution in [-0.2, 0) is 9.59 Å². The van der Waals surface area contributed by atoms with E-state index in [-0.39, 0.29) is 24.2 Å². The highest BCUT2D eigenvalue weighted by atomic mass is 19.1. The molecule has 2 aromatic carbocycles. The molecular weight excluding hydrogens is 609 g/mol. The predicted molar refractivity (Wildman–Crippen MR) is 182 cm³/mol. The fourth-order valence-electron chi connectivity index (χ4n) is 6.51. The van der Waals surface area contributed by atoms with Crippen molar-refractivity contribution in [3.8, 4) is 22.6 Å². The predicted octanol–water partition coefficient (Wildman–Crippen LogP) is 4.48. The summed E-state index contributed by atoms with van der Waals surface area (Å²) < 4.78 is 13.5. The molecule has 2 aliphatic rings. The first kappa shape index (κ1) is 31.3. The zero-order chi connectivity index (χ0) is 33.3. The van der Waals surface area contributed by atoms with Crippen molar-refractivity contribution in [2.24, 2.45) is 0 Å². The van der Waals surface area contributed by atoms with E-state index < -0.39 is 5.54 Å². The summed E-state index contributed by atoms with van der Waals surface area (Å²) in [4.78, 5) is 46.3. The zero-order valence-electron chi connectivity index (χ0n) is 26.9. The number of aromatic amines is 1. The van der Waals surface area contributed by atoms with Gasteiger partial charge in [-0.1, -0.05) is 6.08 Å². The van der Waals surface area contributed by atoms with E-state index >= 15 is 0 Å². The van der Waals surface area contributed by atoms with Crippen molar-refractivity contribution in [1.82, 2.24) is 39.8 Å². The van der Waals surface area contributed by atoms with Crippen LogP contribution in [0, 0.1) is 5.82 Å². The highest BCUT2D eigenvalue weighted by Gasteiger charge is 2.47. The molecule has 48 heavy (non-hydrogen) atoms. The van der Waals surface area contributed by atoms with Gasteiger partial charge < -0.3 is 10.2 Å². The lowest BCUT2D eigenvalue weighted by Crippen LogP contribution is -2.56. The Balaban J connectivity index is 0.979. The van der Waals surface area contributed by atoms with Gasteiger partial charge in [0, 0.05) is 67.0 Å². The van der Waals surface area contributed by atoms with Crippen LogP contribution in [0.25, 0.3) is 39.1 Å².